The predicted octanol–water partition coefficient (Wildman–Crippen LogP) is 3.75. The smallest absolute Gasteiger partial charge is 0.264 e. The molecule has 0 aromatic heterocycles. The lowest BCUT2D eigenvalue weighted by Crippen LogP contribution is -2.50. The maximum absolute atomic E-state index is 13.3. The van der Waals surface area contributed by atoms with E-state index in [2.05, 4.69) is 5.32 Å². The Kier molecular flexibility index (Phi) is 6.55. The van der Waals surface area contributed by atoms with Crippen molar-refractivity contribution in [1.29, 1.82) is 0 Å². The van der Waals surface area contributed by atoms with Crippen molar-refractivity contribution in [2.24, 2.45) is 0 Å². The van der Waals surface area contributed by atoms with Gasteiger partial charge in [0.2, 0.25) is 0 Å². The summed E-state index contributed by atoms with van der Waals surface area (Å²) in [5.41, 5.74) is 1.30. The number of amides is 1. The van der Waals surface area contributed by atoms with Crippen molar-refractivity contribution < 1.29 is 22.7 Å². The molecule has 33 heavy (non-hydrogen) atoms. The first kappa shape index (κ1) is 22.7. The van der Waals surface area contributed by atoms with Gasteiger partial charge in [0, 0.05) is 6.54 Å². The summed E-state index contributed by atoms with van der Waals surface area (Å²) >= 11 is 0. The summed E-state index contributed by atoms with van der Waals surface area (Å²) in [7, 11) is -3.86. The van der Waals surface area contributed by atoms with Gasteiger partial charge in [-0.2, -0.15) is 0 Å². The number of sulfonamides is 1. The molecule has 0 saturated carbocycles. The minimum Gasteiger partial charge on any atom is -0.491 e. The van der Waals surface area contributed by atoms with Gasteiger partial charge in [0.25, 0.3) is 15.9 Å². The van der Waals surface area contributed by atoms with Crippen molar-refractivity contribution in [2.75, 3.05) is 10.8 Å². The largest absolute Gasteiger partial charge is 0.491 e. The van der Waals surface area contributed by atoms with Gasteiger partial charge in [-0.15, -0.1) is 0 Å². The summed E-state index contributed by atoms with van der Waals surface area (Å²) in [5.74, 6) is 0.716. The van der Waals surface area contributed by atoms with E-state index in [1.165, 1.54) is 16.4 Å². The molecule has 1 heterocycles. The van der Waals surface area contributed by atoms with Gasteiger partial charge in [0.15, 0.2) is 6.10 Å². The molecule has 0 bridgehead atoms. The predicted molar refractivity (Wildman–Crippen MR) is 126 cm³/mol. The molecule has 3 aromatic rings. The number of nitrogens with one attached hydrogen (secondary N) is 1. The first-order chi connectivity index (χ1) is 15.8. The van der Waals surface area contributed by atoms with E-state index in [9.17, 15) is 13.2 Å². The van der Waals surface area contributed by atoms with E-state index in [1.807, 2.05) is 38.1 Å². The number of nitrogens with zero attached hydrogens (tertiary/aromatic N) is 1. The number of hydrogen-bond donors (Lipinski definition) is 1. The van der Waals surface area contributed by atoms with Gasteiger partial charge in [-0.3, -0.25) is 9.10 Å². The van der Waals surface area contributed by atoms with Crippen LogP contribution in [0.25, 0.3) is 0 Å². The number of ether oxygens (including phenoxy) is 2. The summed E-state index contributed by atoms with van der Waals surface area (Å²) in [6, 6.07) is 22.4. The van der Waals surface area contributed by atoms with Gasteiger partial charge in [0.1, 0.15) is 11.5 Å². The number of hydrogen-bond acceptors (Lipinski definition) is 5. The fourth-order valence-electron chi connectivity index (χ4n) is 3.55. The molecule has 0 radical (unpaired) electrons. The average molecular weight is 467 g/mol. The van der Waals surface area contributed by atoms with Crippen molar-refractivity contribution in [1.82, 2.24) is 5.32 Å². The first-order valence-electron chi connectivity index (χ1n) is 10.7. The van der Waals surface area contributed by atoms with Crippen LogP contribution in [0.3, 0.4) is 0 Å². The van der Waals surface area contributed by atoms with Crippen LogP contribution in [0.5, 0.6) is 11.5 Å². The minimum absolute atomic E-state index is 0.0805. The van der Waals surface area contributed by atoms with Crippen molar-refractivity contribution in [3.63, 3.8) is 0 Å². The Bertz CT molecular complexity index is 1210. The van der Waals surface area contributed by atoms with Gasteiger partial charge in [-0.05, 0) is 55.8 Å². The van der Waals surface area contributed by atoms with E-state index in [0.29, 0.717) is 11.4 Å². The fraction of sp³-hybridized carbons (Fsp3) is 0.240. The molecule has 8 heteroatoms. The molecule has 172 valence electrons. The Morgan fingerprint density at radius 1 is 1.03 bits per heavy atom. The molecule has 1 aliphatic rings. The normalized spacial score (nSPS) is 15.5. The van der Waals surface area contributed by atoms with Gasteiger partial charge >= 0.3 is 0 Å². The number of carbonyl (C=O) groups is 1. The second-order valence-corrected chi connectivity index (χ2v) is 9.81. The van der Waals surface area contributed by atoms with Crippen LogP contribution in [-0.2, 0) is 21.4 Å². The first-order valence-corrected chi connectivity index (χ1v) is 12.2. The Morgan fingerprint density at radius 3 is 2.39 bits per heavy atom. The molecule has 0 spiro atoms. The summed E-state index contributed by atoms with van der Waals surface area (Å²) < 4.78 is 39.4. The third-order valence-electron chi connectivity index (χ3n) is 5.12. The van der Waals surface area contributed by atoms with Crippen LogP contribution in [0.4, 0.5) is 5.69 Å². The van der Waals surface area contributed by atoms with Gasteiger partial charge in [0.05, 0.1) is 23.2 Å². The highest BCUT2D eigenvalue weighted by Gasteiger charge is 2.37. The molecule has 3 aromatic carbocycles. The van der Waals surface area contributed by atoms with Crippen LogP contribution in [0.2, 0.25) is 0 Å². The van der Waals surface area contributed by atoms with E-state index in [4.69, 9.17) is 9.47 Å². The van der Waals surface area contributed by atoms with E-state index >= 15 is 0 Å². The molecule has 1 amide bonds. The monoisotopic (exact) mass is 466 g/mol. The van der Waals surface area contributed by atoms with Crippen molar-refractivity contribution in [3.8, 4) is 11.5 Å². The lowest BCUT2D eigenvalue weighted by atomic mass is 10.2. The van der Waals surface area contributed by atoms with Crippen LogP contribution in [-0.4, -0.2) is 33.1 Å². The Balaban J connectivity index is 1.50. The van der Waals surface area contributed by atoms with E-state index in [1.54, 1.807) is 42.5 Å². The number of carbonyl (C=O) groups excluding carboxylic acids is 1. The Hall–Kier alpha value is -3.52. The lowest BCUT2D eigenvalue weighted by Gasteiger charge is -2.34. The van der Waals surface area contributed by atoms with Gasteiger partial charge < -0.3 is 14.8 Å². The lowest BCUT2D eigenvalue weighted by molar-refractivity contribution is -0.127. The Morgan fingerprint density at radius 2 is 1.70 bits per heavy atom. The number of rotatable bonds is 7. The zero-order chi connectivity index (χ0) is 23.4. The van der Waals surface area contributed by atoms with E-state index < -0.39 is 16.1 Å². The highest BCUT2D eigenvalue weighted by Crippen LogP contribution is 2.36. The molecule has 0 fully saturated rings. The van der Waals surface area contributed by atoms with Crippen molar-refractivity contribution >= 4 is 21.6 Å². The zero-order valence-electron chi connectivity index (χ0n) is 18.5. The summed E-state index contributed by atoms with van der Waals surface area (Å²) in [6.45, 7) is 4.07. The maximum atomic E-state index is 13.3. The van der Waals surface area contributed by atoms with Crippen LogP contribution in [0, 0.1) is 0 Å². The topological polar surface area (TPSA) is 84.9 Å². The van der Waals surface area contributed by atoms with Crippen LogP contribution in [0.15, 0.2) is 83.8 Å². The van der Waals surface area contributed by atoms with Crippen molar-refractivity contribution in [3.05, 3.63) is 84.4 Å². The maximum Gasteiger partial charge on any atom is 0.264 e. The molecule has 4 rings (SSSR count). The highest BCUT2D eigenvalue weighted by molar-refractivity contribution is 7.92. The number of benzene rings is 3. The van der Waals surface area contributed by atoms with E-state index in [0.717, 1.165) is 11.3 Å². The Labute approximate surface area is 194 Å². The molecular formula is C25H26N2O5S. The number of para-hydroxylation sites is 2. The number of fused-ring (bicyclic) bond motifs is 1. The fourth-order valence-corrected chi connectivity index (χ4v) is 5.04. The molecule has 1 atom stereocenters. The average Bonchev–Trinajstić information content (AvgIpc) is 2.83. The van der Waals surface area contributed by atoms with Gasteiger partial charge in [-0.1, -0.05) is 42.5 Å². The van der Waals surface area contributed by atoms with E-state index in [-0.39, 0.29) is 30.0 Å². The molecule has 1 N–H and O–H groups in total. The third-order valence-corrected chi connectivity index (χ3v) is 6.91. The zero-order valence-corrected chi connectivity index (χ0v) is 19.3. The van der Waals surface area contributed by atoms with Crippen LogP contribution in [0.1, 0.15) is 19.4 Å². The summed E-state index contributed by atoms with van der Waals surface area (Å²) in [5, 5.41) is 2.85. The molecule has 0 unspecified atom stereocenters. The second kappa shape index (κ2) is 9.54. The van der Waals surface area contributed by atoms with Crippen LogP contribution < -0.4 is 19.1 Å². The standard InChI is InChI=1S/C25H26N2O5S/c1-18(2)31-20-14-12-19(13-15-20)16-26-25(28)24-17-27(22-10-6-7-11-23(22)32-24)33(29,30)21-8-4-3-5-9-21/h3-15,18,24H,16-17H2,1-2H3,(H,26,28)/t24-/m0/s1. The molecular weight excluding hydrogens is 440 g/mol. The van der Waals surface area contributed by atoms with Crippen molar-refractivity contribution in [2.45, 2.75) is 37.5 Å². The number of anilines is 1. The molecule has 1 aliphatic heterocycles. The summed E-state index contributed by atoms with van der Waals surface area (Å²) in [4.78, 5) is 13.1. The molecule has 0 saturated heterocycles. The van der Waals surface area contributed by atoms with Crippen LogP contribution >= 0.6 is 0 Å². The third kappa shape index (κ3) is 5.12. The quantitative estimate of drug-likeness (QED) is 0.573. The second-order valence-electron chi connectivity index (χ2n) is 7.95. The van der Waals surface area contributed by atoms with Gasteiger partial charge in [-0.25, -0.2) is 8.42 Å². The highest BCUT2D eigenvalue weighted by atomic mass is 32.2. The molecule has 7 nitrogen and oxygen atoms in total. The summed E-state index contributed by atoms with van der Waals surface area (Å²) in [6.07, 6.45) is -0.904. The SMILES string of the molecule is CC(C)Oc1ccc(CNC(=O)[C@@H]2CN(S(=O)(=O)c3ccccc3)c3ccccc3O2)cc1. The minimum atomic E-state index is -3.86. The molecule has 0 aliphatic carbocycles.